The molecule has 0 aliphatic carbocycles. The van der Waals surface area contributed by atoms with Crippen molar-refractivity contribution in [3.8, 4) is 5.75 Å². The molecule has 2 aromatic carbocycles. The van der Waals surface area contributed by atoms with Gasteiger partial charge in [0, 0.05) is 23.5 Å². The molecule has 1 aromatic heterocycles. The highest BCUT2D eigenvalue weighted by molar-refractivity contribution is 5.66. The maximum Gasteiger partial charge on any atom is 0.130 e. The molecule has 5 heteroatoms. The fourth-order valence-corrected chi connectivity index (χ4v) is 2.94. The van der Waals surface area contributed by atoms with Gasteiger partial charge in [0.05, 0.1) is 12.2 Å². The van der Waals surface area contributed by atoms with Gasteiger partial charge in [-0.1, -0.05) is 30.3 Å². The summed E-state index contributed by atoms with van der Waals surface area (Å²) in [6.07, 6.45) is 3.82. The van der Waals surface area contributed by atoms with Gasteiger partial charge in [0.15, 0.2) is 0 Å². The lowest BCUT2D eigenvalue weighted by molar-refractivity contribution is 0.302. The van der Waals surface area contributed by atoms with Crippen LogP contribution in [0.4, 0.5) is 15.9 Å². The van der Waals surface area contributed by atoms with Crippen molar-refractivity contribution in [2.45, 2.75) is 13.2 Å². The van der Waals surface area contributed by atoms with Crippen molar-refractivity contribution in [2.24, 2.45) is 0 Å². The molecule has 130 valence electrons. The quantitative estimate of drug-likeness (QED) is 0.761. The predicted octanol–water partition coefficient (Wildman–Crippen LogP) is 4.37. The maximum atomic E-state index is 13.2. The average molecular weight is 347 g/mol. The molecule has 0 radical (unpaired) electrons. The highest BCUT2D eigenvalue weighted by Gasteiger charge is 2.19. The second kappa shape index (κ2) is 6.88. The second-order valence-electron chi connectivity index (χ2n) is 6.10. The molecule has 4 rings (SSSR count). The Hall–Kier alpha value is -3.34. The standard InChI is InChI=1S/C21H18FN3O/c22-16-6-8-17(9-7-16)25-11-10-19-18(13-25)20(12-21(23)24-19)26-14-15-4-2-1-3-5-15/h1-12H,13-14H2,(H2,23,24). The number of aromatic nitrogens is 1. The summed E-state index contributed by atoms with van der Waals surface area (Å²) in [5, 5.41) is 0. The number of pyridine rings is 1. The van der Waals surface area contributed by atoms with Gasteiger partial charge in [0.25, 0.3) is 0 Å². The first kappa shape index (κ1) is 16.1. The van der Waals surface area contributed by atoms with Gasteiger partial charge in [-0.05, 0) is 35.9 Å². The Morgan fingerprint density at radius 3 is 2.62 bits per heavy atom. The summed E-state index contributed by atoms with van der Waals surface area (Å²) in [7, 11) is 0. The van der Waals surface area contributed by atoms with Gasteiger partial charge in [0.2, 0.25) is 0 Å². The molecule has 2 heterocycles. The Balaban J connectivity index is 1.61. The van der Waals surface area contributed by atoms with Crippen molar-refractivity contribution >= 4 is 17.6 Å². The van der Waals surface area contributed by atoms with E-state index < -0.39 is 0 Å². The number of hydrogen-bond donors (Lipinski definition) is 1. The van der Waals surface area contributed by atoms with Crippen molar-refractivity contribution in [3.63, 3.8) is 0 Å². The zero-order valence-electron chi connectivity index (χ0n) is 14.1. The molecule has 4 nitrogen and oxygen atoms in total. The number of ether oxygens (including phenoxy) is 1. The summed E-state index contributed by atoms with van der Waals surface area (Å²) < 4.78 is 19.2. The van der Waals surface area contributed by atoms with Crippen molar-refractivity contribution in [3.05, 3.63) is 89.5 Å². The third-order valence-corrected chi connectivity index (χ3v) is 4.27. The molecule has 1 aliphatic heterocycles. The molecule has 0 saturated heterocycles. The van der Waals surface area contributed by atoms with Gasteiger partial charge in [-0.25, -0.2) is 9.37 Å². The minimum Gasteiger partial charge on any atom is -0.488 e. The SMILES string of the molecule is Nc1cc(OCc2ccccc2)c2c(n1)C=CN(c1ccc(F)cc1)C2. The summed E-state index contributed by atoms with van der Waals surface area (Å²) in [6, 6.07) is 18.1. The van der Waals surface area contributed by atoms with Crippen molar-refractivity contribution in [1.82, 2.24) is 4.98 Å². The van der Waals surface area contributed by atoms with E-state index in [0.29, 0.717) is 24.7 Å². The Labute approximate surface area is 151 Å². The third-order valence-electron chi connectivity index (χ3n) is 4.27. The smallest absolute Gasteiger partial charge is 0.130 e. The first-order valence-electron chi connectivity index (χ1n) is 8.35. The second-order valence-corrected chi connectivity index (χ2v) is 6.10. The Morgan fingerprint density at radius 1 is 1.08 bits per heavy atom. The summed E-state index contributed by atoms with van der Waals surface area (Å²) in [5.74, 6) is 0.885. The first-order valence-corrected chi connectivity index (χ1v) is 8.35. The fraction of sp³-hybridized carbons (Fsp3) is 0.0952. The van der Waals surface area contributed by atoms with Crippen LogP contribution in [0, 0.1) is 5.82 Å². The molecule has 0 unspecified atom stereocenters. The van der Waals surface area contributed by atoms with Crippen LogP contribution in [-0.4, -0.2) is 4.98 Å². The number of nitrogen functional groups attached to an aromatic ring is 1. The maximum absolute atomic E-state index is 13.2. The molecule has 1 aliphatic rings. The predicted molar refractivity (Wildman–Crippen MR) is 101 cm³/mol. The lowest BCUT2D eigenvalue weighted by Gasteiger charge is -2.26. The van der Waals surface area contributed by atoms with E-state index in [1.165, 1.54) is 12.1 Å². The van der Waals surface area contributed by atoms with E-state index in [0.717, 1.165) is 22.5 Å². The normalized spacial score (nSPS) is 12.7. The van der Waals surface area contributed by atoms with E-state index in [2.05, 4.69) is 4.98 Å². The van der Waals surface area contributed by atoms with Crippen LogP contribution < -0.4 is 15.4 Å². The first-order chi connectivity index (χ1) is 12.7. The molecule has 3 aromatic rings. The molecular formula is C21H18FN3O. The third kappa shape index (κ3) is 3.37. The summed E-state index contributed by atoms with van der Waals surface area (Å²) in [4.78, 5) is 6.42. The van der Waals surface area contributed by atoms with Gasteiger partial charge >= 0.3 is 0 Å². The molecule has 0 saturated carbocycles. The lowest BCUT2D eigenvalue weighted by Crippen LogP contribution is -2.21. The molecule has 0 atom stereocenters. The van der Waals surface area contributed by atoms with Crippen LogP contribution in [0.2, 0.25) is 0 Å². The summed E-state index contributed by atoms with van der Waals surface area (Å²) in [5.41, 5.74) is 9.68. The van der Waals surface area contributed by atoms with Crippen LogP contribution in [0.3, 0.4) is 0 Å². The molecule has 0 amide bonds. The van der Waals surface area contributed by atoms with Gasteiger partial charge in [-0.3, -0.25) is 0 Å². The van der Waals surface area contributed by atoms with Crippen LogP contribution in [-0.2, 0) is 13.2 Å². The van der Waals surface area contributed by atoms with Crippen molar-refractivity contribution in [2.75, 3.05) is 10.6 Å². The van der Waals surface area contributed by atoms with Crippen molar-refractivity contribution in [1.29, 1.82) is 0 Å². The molecule has 26 heavy (non-hydrogen) atoms. The number of rotatable bonds is 4. The zero-order valence-corrected chi connectivity index (χ0v) is 14.1. The minimum atomic E-state index is -0.253. The Bertz CT molecular complexity index is 939. The number of nitrogens with two attached hydrogens (primary N) is 1. The van der Waals surface area contributed by atoms with Gasteiger partial charge in [-0.2, -0.15) is 0 Å². The summed E-state index contributed by atoms with van der Waals surface area (Å²) in [6.45, 7) is 1.03. The van der Waals surface area contributed by atoms with E-state index in [9.17, 15) is 4.39 Å². The number of benzene rings is 2. The molecule has 0 bridgehead atoms. The lowest BCUT2D eigenvalue weighted by atomic mass is 10.1. The average Bonchev–Trinajstić information content (AvgIpc) is 2.67. The van der Waals surface area contributed by atoms with E-state index >= 15 is 0 Å². The van der Waals surface area contributed by atoms with Gasteiger partial charge in [0.1, 0.15) is 24.0 Å². The van der Waals surface area contributed by atoms with Crippen LogP contribution in [0.25, 0.3) is 6.08 Å². The van der Waals surface area contributed by atoms with Crippen LogP contribution >= 0.6 is 0 Å². The number of halogens is 1. The topological polar surface area (TPSA) is 51.4 Å². The largest absolute Gasteiger partial charge is 0.488 e. The van der Waals surface area contributed by atoms with E-state index in [-0.39, 0.29) is 5.82 Å². The highest BCUT2D eigenvalue weighted by atomic mass is 19.1. The number of anilines is 2. The number of fused-ring (bicyclic) bond motifs is 1. The van der Waals surface area contributed by atoms with E-state index in [1.54, 1.807) is 18.2 Å². The minimum absolute atomic E-state index is 0.253. The number of hydrogen-bond acceptors (Lipinski definition) is 4. The fourth-order valence-electron chi connectivity index (χ4n) is 2.94. The molecule has 0 fully saturated rings. The molecular weight excluding hydrogens is 329 g/mol. The van der Waals surface area contributed by atoms with Crippen LogP contribution in [0.1, 0.15) is 16.8 Å². The van der Waals surface area contributed by atoms with Crippen LogP contribution in [0.5, 0.6) is 5.75 Å². The van der Waals surface area contributed by atoms with Crippen LogP contribution in [0.15, 0.2) is 66.9 Å². The van der Waals surface area contributed by atoms with Gasteiger partial charge in [-0.15, -0.1) is 0 Å². The molecule has 0 spiro atoms. The monoisotopic (exact) mass is 347 g/mol. The Kier molecular flexibility index (Phi) is 4.27. The van der Waals surface area contributed by atoms with Gasteiger partial charge < -0.3 is 15.4 Å². The van der Waals surface area contributed by atoms with Crippen molar-refractivity contribution < 1.29 is 9.13 Å². The highest BCUT2D eigenvalue weighted by Crippen LogP contribution is 2.32. The Morgan fingerprint density at radius 2 is 1.85 bits per heavy atom. The van der Waals surface area contributed by atoms with E-state index in [4.69, 9.17) is 10.5 Å². The van der Waals surface area contributed by atoms with E-state index in [1.807, 2.05) is 47.5 Å². The summed E-state index contributed by atoms with van der Waals surface area (Å²) >= 11 is 0. The number of nitrogens with zero attached hydrogens (tertiary/aromatic N) is 2. The zero-order chi connectivity index (χ0) is 17.9. The molecule has 2 N–H and O–H groups in total.